The van der Waals surface area contributed by atoms with Gasteiger partial charge in [0.1, 0.15) is 53.6 Å². The van der Waals surface area contributed by atoms with E-state index in [-0.39, 0.29) is 38.4 Å². The smallest absolute Gasteiger partial charge is 0.223 e. The van der Waals surface area contributed by atoms with Crippen LogP contribution in [0.25, 0.3) is 34.2 Å². The molecule has 0 bridgehead atoms. The van der Waals surface area contributed by atoms with E-state index in [0.29, 0.717) is 52.1 Å². The van der Waals surface area contributed by atoms with Crippen LogP contribution in [0.3, 0.4) is 0 Å². The van der Waals surface area contributed by atoms with Crippen molar-refractivity contribution in [3.8, 4) is 118 Å². The molecule has 6 N–H and O–H groups in total. The van der Waals surface area contributed by atoms with Gasteiger partial charge in [0.15, 0.2) is 0 Å². The van der Waals surface area contributed by atoms with Gasteiger partial charge in [0.05, 0.1) is 51.5 Å². The number of aliphatic hydroxyl groups is 3. The number of nitrogens with zero attached hydrogens (tertiary/aromatic N) is 11. The van der Waals surface area contributed by atoms with Gasteiger partial charge in [0.2, 0.25) is 5.28 Å². The number of nitrogens with one attached hydrogen (secondary N) is 1. The fraction of sp³-hybridized carbons (Fsp3) is 0.573. The summed E-state index contributed by atoms with van der Waals surface area (Å²) in [4.78, 5) is 26.8. The number of halogens is 4. The largest absolute Gasteiger partial charge is 0.393 e. The van der Waals surface area contributed by atoms with Crippen molar-refractivity contribution in [1.82, 2.24) is 59.7 Å². The molecular formula is C82H109Cl4N13O5Si2. The quantitative estimate of drug-likeness (QED) is 0.0173. The number of aromatic nitrogens is 12. The minimum atomic E-state index is -1.11. The third-order valence-corrected chi connectivity index (χ3v) is 23.0. The van der Waals surface area contributed by atoms with E-state index >= 15 is 0 Å². The minimum Gasteiger partial charge on any atom is -0.393 e. The Bertz CT molecular complexity index is 4180. The Balaban J connectivity index is 0.000000217. The molecule has 12 rings (SSSR count). The number of rotatable bonds is 23. The SMILES string of the molecule is C.C.C#CC#CC#CC#CC#CC#CC#CC.C[Si](C)(C)CCOCn1cc(CC2CC2)c(-c2nc(CC3CCC(O)CC3)ncc2Cl)n1.C[Si](C)(C)CCOCn1cc(CC2CC2)c(-c2nc(Cl)ncc2Cl)n1.NC1CCC(O)CC1.OC1CCC(Cc2ncc(Cl)c(-c3[nH]ncc3CC3CC3)n2)CC1. The first-order valence-electron chi connectivity index (χ1n) is 36.7. The van der Waals surface area contributed by atoms with Crippen LogP contribution in [0.4, 0.5) is 0 Å². The van der Waals surface area contributed by atoms with Gasteiger partial charge < -0.3 is 30.5 Å². The zero-order valence-electron chi connectivity index (χ0n) is 61.4. The summed E-state index contributed by atoms with van der Waals surface area (Å²) >= 11 is 25.2. The second kappa shape index (κ2) is 45.2. The van der Waals surface area contributed by atoms with Gasteiger partial charge >= 0.3 is 0 Å². The Kier molecular flexibility index (Phi) is 37.5. The molecule has 0 unspecified atom stereocenters. The molecule has 18 nitrogen and oxygen atoms in total. The van der Waals surface area contributed by atoms with Crippen molar-refractivity contribution in [2.24, 2.45) is 35.3 Å². The number of ether oxygens (including phenoxy) is 2. The average Bonchev–Trinajstić information content (AvgIpc) is 1.61. The summed E-state index contributed by atoms with van der Waals surface area (Å²) in [6.45, 7) is 18.3. The van der Waals surface area contributed by atoms with Gasteiger partial charge in [-0.05, 0) is 272 Å². The maximum atomic E-state index is 9.78. The predicted octanol–water partition coefficient (Wildman–Crippen LogP) is 16.0. The van der Waals surface area contributed by atoms with E-state index in [4.69, 9.17) is 88.2 Å². The molecule has 0 amide bonds. The van der Waals surface area contributed by atoms with Crippen LogP contribution in [-0.2, 0) is 55.0 Å². The van der Waals surface area contributed by atoms with Crippen molar-refractivity contribution >= 4 is 62.6 Å². The molecule has 6 aromatic heterocycles. The number of aliphatic hydroxyl groups excluding tert-OH is 3. The van der Waals surface area contributed by atoms with Gasteiger partial charge in [0.25, 0.3) is 0 Å². The number of hydrogen-bond acceptors (Lipinski definition) is 15. The van der Waals surface area contributed by atoms with Crippen LogP contribution in [0.1, 0.15) is 166 Å². The highest BCUT2D eigenvalue weighted by molar-refractivity contribution is 6.76. The molecule has 6 aromatic rings. The zero-order chi connectivity index (χ0) is 74.4. The molecule has 106 heavy (non-hydrogen) atoms. The second-order valence-corrected chi connectivity index (χ2v) is 43.2. The molecular weight excluding hydrogens is 1440 g/mol. The van der Waals surface area contributed by atoms with Crippen LogP contribution < -0.4 is 5.73 Å². The van der Waals surface area contributed by atoms with Crippen LogP contribution >= 0.6 is 46.4 Å². The van der Waals surface area contributed by atoms with E-state index in [0.717, 1.165) is 198 Å². The maximum Gasteiger partial charge on any atom is 0.223 e. The van der Waals surface area contributed by atoms with E-state index in [1.807, 2.05) is 15.6 Å². The van der Waals surface area contributed by atoms with Crippen LogP contribution in [0.5, 0.6) is 0 Å². The lowest BCUT2D eigenvalue weighted by atomic mass is 9.85. The Morgan fingerprint density at radius 3 is 1.24 bits per heavy atom. The summed E-state index contributed by atoms with van der Waals surface area (Å²) in [6.07, 6.45) is 39.5. The van der Waals surface area contributed by atoms with Crippen molar-refractivity contribution in [2.75, 3.05) is 13.2 Å². The van der Waals surface area contributed by atoms with Crippen LogP contribution in [0.2, 0.25) is 71.7 Å². The highest BCUT2D eigenvalue weighted by Gasteiger charge is 2.30. The molecule has 568 valence electrons. The van der Waals surface area contributed by atoms with Gasteiger partial charge in [-0.3, -0.25) is 5.10 Å². The van der Waals surface area contributed by atoms with E-state index in [1.54, 1.807) is 19.3 Å². The van der Waals surface area contributed by atoms with Crippen molar-refractivity contribution in [3.05, 3.63) is 85.9 Å². The number of H-pyrrole nitrogens is 1. The fourth-order valence-corrected chi connectivity index (χ4v) is 14.1. The van der Waals surface area contributed by atoms with Crippen molar-refractivity contribution in [1.29, 1.82) is 0 Å². The van der Waals surface area contributed by atoms with E-state index < -0.39 is 16.1 Å². The first kappa shape index (κ1) is 88.0. The molecule has 6 heterocycles. The third-order valence-electron chi connectivity index (χ3n) is 18.6. The lowest BCUT2D eigenvalue weighted by Gasteiger charge is -2.24. The molecule has 6 aliphatic rings. The number of nitrogens with two attached hydrogens (primary N) is 1. The highest BCUT2D eigenvalue weighted by atomic mass is 35.5. The predicted molar refractivity (Wildman–Crippen MR) is 434 cm³/mol. The molecule has 0 aromatic carbocycles. The van der Waals surface area contributed by atoms with Crippen LogP contribution in [0.15, 0.2) is 37.2 Å². The number of terminal acetylenes is 1. The molecule has 0 atom stereocenters. The van der Waals surface area contributed by atoms with Crippen LogP contribution in [-0.4, -0.2) is 129 Å². The van der Waals surface area contributed by atoms with Crippen LogP contribution in [0, 0.1) is 113 Å². The molecule has 6 fully saturated rings. The maximum absolute atomic E-state index is 9.78. The summed E-state index contributed by atoms with van der Waals surface area (Å²) in [6, 6.07) is 2.65. The van der Waals surface area contributed by atoms with Crippen molar-refractivity contribution in [3.63, 3.8) is 0 Å². The van der Waals surface area contributed by atoms with E-state index in [2.05, 4.69) is 164 Å². The van der Waals surface area contributed by atoms with Gasteiger partial charge in [0, 0.05) is 84.2 Å². The summed E-state index contributed by atoms with van der Waals surface area (Å²) in [7, 11) is -2.19. The Labute approximate surface area is 653 Å². The minimum absolute atomic E-state index is 0. The lowest BCUT2D eigenvalue weighted by Crippen LogP contribution is -2.28. The Morgan fingerprint density at radius 1 is 0.472 bits per heavy atom. The zero-order valence-corrected chi connectivity index (χ0v) is 66.4. The first-order chi connectivity index (χ1) is 50.0. The van der Waals surface area contributed by atoms with E-state index in [1.165, 1.54) is 55.8 Å². The molecule has 0 saturated heterocycles. The topological polar surface area (TPSA) is 247 Å². The van der Waals surface area contributed by atoms with Gasteiger partial charge in [-0.15, -0.1) is 6.42 Å². The summed E-state index contributed by atoms with van der Waals surface area (Å²) in [5.41, 5.74) is 13.8. The monoisotopic (exact) mass is 1550 g/mol. The number of aromatic amines is 1. The lowest BCUT2D eigenvalue weighted by molar-refractivity contribution is 0.0786. The van der Waals surface area contributed by atoms with E-state index in [9.17, 15) is 10.2 Å². The molecule has 6 saturated carbocycles. The Morgan fingerprint density at radius 2 is 0.830 bits per heavy atom. The van der Waals surface area contributed by atoms with Gasteiger partial charge in [-0.1, -0.05) is 94.9 Å². The standard InChI is InChI=1S/C24H37ClN4O2Si.C18H23ClN4O.C17H24Cl2N4OSi.C15H4.C6H13NO.2CH4/c1-32(2,3)11-10-31-16-29-15-19(12-17-4-5-17)23(28-29)24-21(25)14-26-22(27-24)13-18-6-8-20(30)9-7-18;19-15-10-20-16(8-12-3-5-14(24)6-4-12)22-18(15)17-13(9-21-23-17)7-11-1-2-11;1-25(2,3)7-6-24-11-23-10-13(8-12-4-5-12)15(22-23)16-14(18)9-20-17(19)21-16;1-3-5-7-9-11-13-15-14-12-10-8-6-4-2;7-5-1-3-6(8)4-2-5;;/h14-15,17-18,20,30H,4-13,16H2,1-3H3;9-12,14,24H,1-8H2,(H,21,23);9-10,12H,4-8,11H2,1-3H3;1H,2H3;5-6,8H,1-4,7H2;2*1H4. The summed E-state index contributed by atoms with van der Waals surface area (Å²) in [5, 5.41) is 47.0. The van der Waals surface area contributed by atoms with Gasteiger partial charge in [-0.25, -0.2) is 39.3 Å². The Hall–Kier alpha value is -6.86. The fourth-order valence-electron chi connectivity index (χ4n) is 12.0. The molecule has 6 aliphatic carbocycles. The first-order valence-corrected chi connectivity index (χ1v) is 45.6. The normalized spacial score (nSPS) is 19.1. The number of hydrogen-bond donors (Lipinski definition) is 5. The molecule has 0 spiro atoms. The summed E-state index contributed by atoms with van der Waals surface area (Å²) < 4.78 is 15.5. The van der Waals surface area contributed by atoms with Gasteiger partial charge in [-0.2, -0.15) is 15.3 Å². The third kappa shape index (κ3) is 32.9. The summed E-state index contributed by atoms with van der Waals surface area (Å²) in [5.74, 6) is 36.9. The molecule has 24 heteroatoms. The molecule has 0 aliphatic heterocycles. The molecule has 0 radical (unpaired) electrons. The second-order valence-electron chi connectivity index (χ2n) is 30.4. The average molecular weight is 1550 g/mol. The van der Waals surface area contributed by atoms with Crippen molar-refractivity contribution in [2.45, 2.75) is 259 Å². The van der Waals surface area contributed by atoms with Crippen molar-refractivity contribution < 1.29 is 24.8 Å². The highest BCUT2D eigenvalue weighted by Crippen LogP contribution is 2.40.